The van der Waals surface area contributed by atoms with Crippen LogP contribution in [-0.2, 0) is 11.2 Å². The first-order chi connectivity index (χ1) is 16.4. The van der Waals surface area contributed by atoms with Gasteiger partial charge in [-0.25, -0.2) is 0 Å². The van der Waals surface area contributed by atoms with Gasteiger partial charge in [-0.15, -0.1) is 0 Å². The summed E-state index contributed by atoms with van der Waals surface area (Å²) in [7, 11) is 1.61. The zero-order chi connectivity index (χ0) is 24.5. The molecule has 0 unspecified atom stereocenters. The highest BCUT2D eigenvalue weighted by Crippen LogP contribution is 2.30. The number of carbonyl (C=O) groups excluding carboxylic acids is 1. The molecule has 2 aromatic carbocycles. The predicted molar refractivity (Wildman–Crippen MR) is 137 cm³/mol. The van der Waals surface area contributed by atoms with Crippen LogP contribution in [0.5, 0.6) is 11.5 Å². The molecule has 6 heteroatoms. The molecule has 0 radical (unpaired) electrons. The minimum atomic E-state index is -0.115. The Morgan fingerprint density at radius 3 is 2.32 bits per heavy atom. The second-order valence-corrected chi connectivity index (χ2v) is 8.78. The number of hydrogen-bond acceptors (Lipinski definition) is 5. The number of methoxy groups -OCH3 is 1. The Hall–Kier alpha value is -3.38. The van der Waals surface area contributed by atoms with Crippen LogP contribution in [0, 0.1) is 0 Å². The van der Waals surface area contributed by atoms with E-state index in [-0.39, 0.29) is 12.3 Å². The average Bonchev–Trinajstić information content (AvgIpc) is 2.82. The number of hydrogen-bond donors (Lipinski definition) is 1. The molecule has 1 aromatic heterocycles. The number of nitrogens with one attached hydrogen (secondary N) is 1. The number of benzene rings is 2. The Kier molecular flexibility index (Phi) is 9.05. The summed E-state index contributed by atoms with van der Waals surface area (Å²) in [5.74, 6) is 1.14. The highest BCUT2D eigenvalue weighted by atomic mass is 16.5. The molecule has 3 rings (SSSR count). The minimum Gasteiger partial charge on any atom is -0.493 e. The van der Waals surface area contributed by atoms with Crippen LogP contribution in [-0.4, -0.2) is 48.1 Å². The van der Waals surface area contributed by atoms with Crippen LogP contribution in [0.1, 0.15) is 33.3 Å². The fraction of sp³-hybridized carbons (Fsp3) is 0.357. The molecule has 0 atom stereocenters. The molecule has 1 N–H and O–H groups in total. The zero-order valence-corrected chi connectivity index (χ0v) is 20.7. The molecule has 0 spiro atoms. The summed E-state index contributed by atoms with van der Waals surface area (Å²) in [5, 5.41) is 2.95. The molecule has 3 aromatic rings. The van der Waals surface area contributed by atoms with Crippen LogP contribution < -0.4 is 14.8 Å². The fourth-order valence-electron chi connectivity index (χ4n) is 3.94. The monoisotopic (exact) mass is 461 g/mol. The van der Waals surface area contributed by atoms with Crippen molar-refractivity contribution >= 4 is 11.6 Å². The van der Waals surface area contributed by atoms with Gasteiger partial charge in [0.2, 0.25) is 5.91 Å². The van der Waals surface area contributed by atoms with Crippen molar-refractivity contribution in [2.45, 2.75) is 46.2 Å². The molecule has 0 aliphatic heterocycles. The predicted octanol–water partition coefficient (Wildman–Crippen LogP) is 5.44. The maximum Gasteiger partial charge on any atom is 0.228 e. The first-order valence-corrected chi connectivity index (χ1v) is 11.7. The average molecular weight is 462 g/mol. The quantitative estimate of drug-likeness (QED) is 0.412. The standard InChI is InChI=1S/C28H35N3O3/c1-20(2)31(21(3)4)15-16-34-27-18-24(12-14-26(27)33-5)30-28(32)17-22-11-13-25(29-19-22)23-9-7-6-8-10-23/h6-14,18-21H,15-17H2,1-5H3,(H,30,32). The number of anilines is 1. The topological polar surface area (TPSA) is 63.7 Å². The Balaban J connectivity index is 1.60. The molecular weight excluding hydrogens is 426 g/mol. The van der Waals surface area contributed by atoms with Gasteiger partial charge in [-0.3, -0.25) is 14.7 Å². The lowest BCUT2D eigenvalue weighted by atomic mass is 10.1. The lowest BCUT2D eigenvalue weighted by Gasteiger charge is -2.30. The van der Waals surface area contributed by atoms with Gasteiger partial charge >= 0.3 is 0 Å². The van der Waals surface area contributed by atoms with Gasteiger partial charge in [-0.1, -0.05) is 36.4 Å². The molecule has 180 valence electrons. The Bertz CT molecular complexity index is 1040. The smallest absolute Gasteiger partial charge is 0.228 e. The summed E-state index contributed by atoms with van der Waals surface area (Å²) < 4.78 is 11.5. The molecule has 1 heterocycles. The first kappa shape index (κ1) is 25.2. The molecule has 6 nitrogen and oxygen atoms in total. The van der Waals surface area contributed by atoms with Crippen LogP contribution in [0.25, 0.3) is 11.3 Å². The van der Waals surface area contributed by atoms with Gasteiger partial charge in [-0.05, 0) is 51.5 Å². The maximum atomic E-state index is 12.6. The van der Waals surface area contributed by atoms with Crippen molar-refractivity contribution in [1.29, 1.82) is 0 Å². The van der Waals surface area contributed by atoms with Crippen LogP contribution >= 0.6 is 0 Å². The molecule has 1 amide bonds. The van der Waals surface area contributed by atoms with E-state index in [2.05, 4.69) is 42.9 Å². The number of carbonyl (C=O) groups is 1. The van der Waals surface area contributed by atoms with Crippen molar-refractivity contribution in [3.8, 4) is 22.8 Å². The molecule has 0 fully saturated rings. The Morgan fingerprint density at radius 1 is 0.971 bits per heavy atom. The zero-order valence-electron chi connectivity index (χ0n) is 20.7. The largest absolute Gasteiger partial charge is 0.493 e. The van der Waals surface area contributed by atoms with E-state index in [1.807, 2.05) is 60.7 Å². The van der Waals surface area contributed by atoms with Crippen molar-refractivity contribution in [2.75, 3.05) is 25.6 Å². The van der Waals surface area contributed by atoms with Gasteiger partial charge in [0, 0.05) is 42.1 Å². The molecule has 0 aliphatic carbocycles. The van der Waals surface area contributed by atoms with Crippen molar-refractivity contribution in [1.82, 2.24) is 9.88 Å². The molecule has 0 bridgehead atoms. The van der Waals surface area contributed by atoms with Gasteiger partial charge < -0.3 is 14.8 Å². The van der Waals surface area contributed by atoms with Crippen molar-refractivity contribution < 1.29 is 14.3 Å². The fourth-order valence-corrected chi connectivity index (χ4v) is 3.94. The highest BCUT2D eigenvalue weighted by Gasteiger charge is 2.14. The van der Waals surface area contributed by atoms with E-state index in [1.54, 1.807) is 13.3 Å². The highest BCUT2D eigenvalue weighted by molar-refractivity contribution is 5.92. The maximum absolute atomic E-state index is 12.6. The number of aromatic nitrogens is 1. The van der Waals surface area contributed by atoms with E-state index in [9.17, 15) is 4.79 Å². The second-order valence-electron chi connectivity index (χ2n) is 8.78. The lowest BCUT2D eigenvalue weighted by Crippen LogP contribution is -2.39. The number of amides is 1. The number of ether oxygens (including phenoxy) is 2. The summed E-state index contributed by atoms with van der Waals surface area (Å²) in [6, 6.07) is 20.2. The van der Waals surface area contributed by atoms with E-state index in [0.717, 1.165) is 23.4 Å². The summed E-state index contributed by atoms with van der Waals surface area (Å²) in [5.41, 5.74) is 3.45. The van der Waals surface area contributed by atoms with Crippen LogP contribution in [0.3, 0.4) is 0 Å². The van der Waals surface area contributed by atoms with E-state index in [0.29, 0.717) is 35.9 Å². The third-order valence-electron chi connectivity index (χ3n) is 5.64. The number of nitrogens with zero attached hydrogens (tertiary/aromatic N) is 2. The number of rotatable bonds is 11. The van der Waals surface area contributed by atoms with Crippen LogP contribution in [0.2, 0.25) is 0 Å². The van der Waals surface area contributed by atoms with E-state index in [1.165, 1.54) is 0 Å². The Morgan fingerprint density at radius 2 is 1.71 bits per heavy atom. The Labute approximate surface area is 202 Å². The lowest BCUT2D eigenvalue weighted by molar-refractivity contribution is -0.115. The summed E-state index contributed by atoms with van der Waals surface area (Å²) >= 11 is 0. The molecule has 0 aliphatic rings. The normalized spacial score (nSPS) is 11.2. The molecule has 34 heavy (non-hydrogen) atoms. The summed E-state index contributed by atoms with van der Waals surface area (Å²) in [6.45, 7) is 10.1. The van der Waals surface area contributed by atoms with Gasteiger partial charge in [0.15, 0.2) is 11.5 Å². The van der Waals surface area contributed by atoms with Gasteiger partial charge in [0.05, 0.1) is 19.2 Å². The van der Waals surface area contributed by atoms with Crippen molar-refractivity contribution in [2.24, 2.45) is 0 Å². The van der Waals surface area contributed by atoms with Gasteiger partial charge in [0.1, 0.15) is 6.61 Å². The summed E-state index contributed by atoms with van der Waals surface area (Å²) in [6.07, 6.45) is 1.99. The first-order valence-electron chi connectivity index (χ1n) is 11.7. The summed E-state index contributed by atoms with van der Waals surface area (Å²) in [4.78, 5) is 19.5. The SMILES string of the molecule is COc1ccc(NC(=O)Cc2ccc(-c3ccccc3)nc2)cc1OCCN(C(C)C)C(C)C. The van der Waals surface area contributed by atoms with Gasteiger partial charge in [0.25, 0.3) is 0 Å². The van der Waals surface area contributed by atoms with E-state index in [4.69, 9.17) is 9.47 Å². The number of pyridine rings is 1. The van der Waals surface area contributed by atoms with Crippen LogP contribution in [0.4, 0.5) is 5.69 Å². The molecular formula is C28H35N3O3. The third kappa shape index (κ3) is 7.06. The van der Waals surface area contributed by atoms with Crippen LogP contribution in [0.15, 0.2) is 66.9 Å². The van der Waals surface area contributed by atoms with E-state index >= 15 is 0 Å². The minimum absolute atomic E-state index is 0.115. The van der Waals surface area contributed by atoms with Crippen molar-refractivity contribution in [3.63, 3.8) is 0 Å². The van der Waals surface area contributed by atoms with E-state index < -0.39 is 0 Å². The van der Waals surface area contributed by atoms with Gasteiger partial charge in [-0.2, -0.15) is 0 Å². The second kappa shape index (κ2) is 12.2. The third-order valence-corrected chi connectivity index (χ3v) is 5.64. The molecule has 0 saturated carbocycles. The molecule has 0 saturated heterocycles. The van der Waals surface area contributed by atoms with Crippen molar-refractivity contribution in [3.05, 3.63) is 72.4 Å².